The van der Waals surface area contributed by atoms with Gasteiger partial charge in [0.2, 0.25) is 9.84 Å². The third kappa shape index (κ3) is 3.82. The maximum atomic E-state index is 13.6. The van der Waals surface area contributed by atoms with Crippen LogP contribution in [0.2, 0.25) is 10.0 Å². The van der Waals surface area contributed by atoms with Crippen molar-refractivity contribution in [2.45, 2.75) is 9.79 Å². The van der Waals surface area contributed by atoms with E-state index in [4.69, 9.17) is 28.9 Å². The Bertz CT molecular complexity index is 1650. The van der Waals surface area contributed by atoms with Crippen LogP contribution in [0.4, 0.5) is 5.82 Å². The molecule has 0 radical (unpaired) electrons. The number of aromatic nitrogens is 3. The van der Waals surface area contributed by atoms with E-state index in [2.05, 4.69) is 15.1 Å². The average Bonchev–Trinajstić information content (AvgIpc) is 3.08. The maximum absolute atomic E-state index is 13.6. The fourth-order valence-electron chi connectivity index (χ4n) is 3.41. The molecule has 0 aliphatic heterocycles. The number of nitrogen functional groups attached to an aromatic ring is 1. The molecule has 33 heavy (non-hydrogen) atoms. The Hall–Kier alpha value is -3.46. The summed E-state index contributed by atoms with van der Waals surface area (Å²) in [5, 5.41) is 5.43. The van der Waals surface area contributed by atoms with Crippen molar-refractivity contribution in [1.29, 1.82) is 0 Å². The first-order valence-corrected chi connectivity index (χ1v) is 12.0. The van der Waals surface area contributed by atoms with Gasteiger partial charge < -0.3 is 5.73 Å². The first kappa shape index (κ1) is 21.4. The first-order chi connectivity index (χ1) is 15.8. The number of benzene rings is 3. The van der Waals surface area contributed by atoms with E-state index in [1.54, 1.807) is 48.7 Å². The van der Waals surface area contributed by atoms with Gasteiger partial charge in [0.1, 0.15) is 16.2 Å². The van der Waals surface area contributed by atoms with Crippen molar-refractivity contribution in [1.82, 2.24) is 14.6 Å². The molecule has 0 bridgehead atoms. The third-order valence-corrected chi connectivity index (χ3v) is 7.35. The van der Waals surface area contributed by atoms with Crippen molar-refractivity contribution in [2.75, 3.05) is 5.73 Å². The van der Waals surface area contributed by atoms with E-state index in [-0.39, 0.29) is 26.8 Å². The molecule has 2 heterocycles. The minimum Gasteiger partial charge on any atom is -0.382 e. The van der Waals surface area contributed by atoms with Crippen LogP contribution >= 0.6 is 23.2 Å². The number of nitrogens with zero attached hydrogens (tertiary/aromatic N) is 4. The summed E-state index contributed by atoms with van der Waals surface area (Å²) in [5.74, 6) is -0.0968. The summed E-state index contributed by atoms with van der Waals surface area (Å²) in [7, 11) is -4.05. The lowest BCUT2D eigenvalue weighted by Gasteiger charge is -2.05. The smallest absolute Gasteiger partial charge is 0.212 e. The second-order valence-corrected chi connectivity index (χ2v) is 9.92. The SMILES string of the molecule is Nc1c(S(=O)(=O)c2ccc(Cl)cc2)c2nc3ccccc3nc2n1N=Cc1ccc(Cl)cc1. The minimum atomic E-state index is -4.05. The van der Waals surface area contributed by atoms with Crippen LogP contribution in [0.25, 0.3) is 22.2 Å². The molecule has 0 aliphatic rings. The predicted octanol–water partition coefficient (Wildman–Crippen LogP) is 5.19. The number of fused-ring (bicyclic) bond motifs is 2. The van der Waals surface area contributed by atoms with Gasteiger partial charge in [0.25, 0.3) is 0 Å². The molecule has 0 aliphatic carbocycles. The Morgan fingerprint density at radius 2 is 1.42 bits per heavy atom. The highest BCUT2D eigenvalue weighted by Crippen LogP contribution is 2.35. The minimum absolute atomic E-state index is 0.0364. The van der Waals surface area contributed by atoms with E-state index >= 15 is 0 Å². The van der Waals surface area contributed by atoms with Crippen molar-refractivity contribution < 1.29 is 8.42 Å². The molecular weight excluding hydrogens is 481 g/mol. The van der Waals surface area contributed by atoms with Gasteiger partial charge in [-0.15, -0.1) is 0 Å². The second kappa shape index (κ2) is 8.15. The number of hydrogen-bond acceptors (Lipinski definition) is 6. The number of rotatable bonds is 4. The summed E-state index contributed by atoms with van der Waals surface area (Å²) >= 11 is 11.9. The van der Waals surface area contributed by atoms with E-state index in [1.165, 1.54) is 28.9 Å². The van der Waals surface area contributed by atoms with Crippen LogP contribution in [0.15, 0.2) is 87.7 Å². The summed E-state index contributed by atoms with van der Waals surface area (Å²) in [6.07, 6.45) is 1.54. The van der Waals surface area contributed by atoms with Gasteiger partial charge in [0.15, 0.2) is 5.65 Å². The summed E-state index contributed by atoms with van der Waals surface area (Å²) < 4.78 is 28.4. The molecule has 5 rings (SSSR count). The topological polar surface area (TPSA) is 103 Å². The number of para-hydroxylation sites is 2. The van der Waals surface area contributed by atoms with Crippen molar-refractivity contribution in [2.24, 2.45) is 5.10 Å². The van der Waals surface area contributed by atoms with Crippen molar-refractivity contribution in [3.8, 4) is 0 Å². The summed E-state index contributed by atoms with van der Waals surface area (Å²) in [6.45, 7) is 0. The van der Waals surface area contributed by atoms with Crippen molar-refractivity contribution in [3.63, 3.8) is 0 Å². The molecular formula is C23H15Cl2N5O2S. The van der Waals surface area contributed by atoms with E-state index in [0.717, 1.165) is 5.56 Å². The molecule has 164 valence electrons. The lowest BCUT2D eigenvalue weighted by atomic mass is 10.2. The Labute approximate surface area is 199 Å². The molecule has 2 aromatic heterocycles. The van der Waals surface area contributed by atoms with Crippen LogP contribution in [-0.4, -0.2) is 29.3 Å². The molecule has 0 amide bonds. The zero-order valence-corrected chi connectivity index (χ0v) is 19.2. The van der Waals surface area contributed by atoms with Crippen LogP contribution in [0.5, 0.6) is 0 Å². The van der Waals surface area contributed by atoms with E-state index in [1.807, 2.05) is 6.07 Å². The molecule has 7 nitrogen and oxygen atoms in total. The number of halogens is 2. The largest absolute Gasteiger partial charge is 0.382 e. The standard InChI is InChI=1S/C23H15Cl2N5O2S/c24-15-7-5-14(6-8-15)13-27-30-22(26)21(33(31,32)17-11-9-16(25)10-12-17)20-23(30)29-19-4-2-1-3-18(19)28-20/h1-13H,26H2. The van der Waals surface area contributed by atoms with Gasteiger partial charge in [-0.1, -0.05) is 47.5 Å². The molecule has 0 fully saturated rings. The molecule has 2 N–H and O–H groups in total. The Morgan fingerprint density at radius 1 is 0.848 bits per heavy atom. The van der Waals surface area contributed by atoms with Gasteiger partial charge in [0, 0.05) is 10.0 Å². The number of sulfone groups is 1. The molecule has 0 saturated carbocycles. The molecule has 0 atom stereocenters. The molecule has 0 spiro atoms. The van der Waals surface area contributed by atoms with E-state index in [0.29, 0.717) is 21.1 Å². The van der Waals surface area contributed by atoms with Crippen molar-refractivity contribution in [3.05, 3.63) is 88.4 Å². The number of nitrogens with two attached hydrogens (primary N) is 1. The van der Waals surface area contributed by atoms with Gasteiger partial charge in [-0.3, -0.25) is 0 Å². The molecule has 10 heteroatoms. The Kier molecular flexibility index (Phi) is 5.28. The molecule has 5 aromatic rings. The lowest BCUT2D eigenvalue weighted by Crippen LogP contribution is -2.06. The van der Waals surface area contributed by atoms with Crippen LogP contribution in [0.1, 0.15) is 5.56 Å². The zero-order valence-electron chi connectivity index (χ0n) is 16.9. The Balaban J connectivity index is 1.78. The van der Waals surface area contributed by atoms with Gasteiger partial charge in [0.05, 0.1) is 22.1 Å². The highest BCUT2D eigenvalue weighted by atomic mass is 35.5. The fourth-order valence-corrected chi connectivity index (χ4v) is 5.14. The number of anilines is 1. The summed E-state index contributed by atoms with van der Waals surface area (Å²) in [4.78, 5) is 9.06. The highest BCUT2D eigenvalue weighted by molar-refractivity contribution is 7.92. The third-order valence-electron chi connectivity index (χ3n) is 5.01. The first-order valence-electron chi connectivity index (χ1n) is 9.72. The van der Waals surface area contributed by atoms with Crippen LogP contribution in [-0.2, 0) is 9.84 Å². The average molecular weight is 496 g/mol. The van der Waals surface area contributed by atoms with E-state index < -0.39 is 9.84 Å². The van der Waals surface area contributed by atoms with Crippen LogP contribution in [0, 0.1) is 0 Å². The summed E-state index contributed by atoms with van der Waals surface area (Å²) in [6, 6.07) is 20.0. The zero-order chi connectivity index (χ0) is 23.2. The molecule has 3 aromatic carbocycles. The van der Waals surface area contributed by atoms with E-state index in [9.17, 15) is 8.42 Å². The predicted molar refractivity (Wildman–Crippen MR) is 131 cm³/mol. The fraction of sp³-hybridized carbons (Fsp3) is 0. The van der Waals surface area contributed by atoms with Gasteiger partial charge in [-0.2, -0.15) is 9.78 Å². The maximum Gasteiger partial charge on any atom is 0.212 e. The Morgan fingerprint density at radius 3 is 2.06 bits per heavy atom. The molecule has 0 saturated heterocycles. The number of hydrogen-bond donors (Lipinski definition) is 1. The van der Waals surface area contributed by atoms with Gasteiger partial charge in [-0.05, 0) is 54.1 Å². The summed E-state index contributed by atoms with van der Waals surface area (Å²) in [5.41, 5.74) is 8.59. The normalized spacial score (nSPS) is 12.2. The quantitative estimate of drug-likeness (QED) is 0.345. The lowest BCUT2D eigenvalue weighted by molar-refractivity contribution is 0.597. The monoisotopic (exact) mass is 495 g/mol. The van der Waals surface area contributed by atoms with Gasteiger partial charge in [-0.25, -0.2) is 18.4 Å². The van der Waals surface area contributed by atoms with Crippen molar-refractivity contribution >= 4 is 67.3 Å². The highest BCUT2D eigenvalue weighted by Gasteiger charge is 2.30. The van der Waals surface area contributed by atoms with Crippen LogP contribution in [0.3, 0.4) is 0 Å². The van der Waals surface area contributed by atoms with Crippen LogP contribution < -0.4 is 5.73 Å². The molecule has 0 unspecified atom stereocenters. The van der Waals surface area contributed by atoms with Gasteiger partial charge >= 0.3 is 0 Å². The second-order valence-electron chi connectivity index (χ2n) is 7.16.